The molecule has 1 aliphatic heterocycles. The zero-order valence-corrected chi connectivity index (χ0v) is 17.6. The molecule has 1 aliphatic carbocycles. The van der Waals surface area contributed by atoms with E-state index in [-0.39, 0.29) is 23.8 Å². The lowest BCUT2D eigenvalue weighted by molar-refractivity contribution is -0.136. The van der Waals surface area contributed by atoms with Gasteiger partial charge >= 0.3 is 6.03 Å². The molecule has 2 aliphatic rings. The van der Waals surface area contributed by atoms with Gasteiger partial charge in [-0.15, -0.1) is 0 Å². The summed E-state index contributed by atoms with van der Waals surface area (Å²) < 4.78 is 0. The van der Waals surface area contributed by atoms with Crippen molar-refractivity contribution in [3.63, 3.8) is 0 Å². The summed E-state index contributed by atoms with van der Waals surface area (Å²) in [5.74, 6) is 0.0232. The van der Waals surface area contributed by atoms with Gasteiger partial charge in [0.15, 0.2) is 0 Å². The molecule has 0 bridgehead atoms. The first-order valence-corrected chi connectivity index (χ1v) is 10.3. The van der Waals surface area contributed by atoms with Crippen LogP contribution in [0, 0.1) is 11.3 Å². The lowest BCUT2D eigenvalue weighted by Gasteiger charge is -2.40. The summed E-state index contributed by atoms with van der Waals surface area (Å²) in [5.41, 5.74) is -0.599. The topological polar surface area (TPSA) is 81.8 Å². The average molecular weight is 381 g/mol. The zero-order chi connectivity index (χ0) is 20.2. The van der Waals surface area contributed by atoms with Crippen molar-refractivity contribution in [2.45, 2.75) is 65.8 Å². The van der Waals surface area contributed by atoms with Crippen molar-refractivity contribution in [1.29, 1.82) is 0 Å². The second kappa shape index (κ2) is 8.59. The maximum absolute atomic E-state index is 12.9. The Balaban J connectivity index is 1.88. The molecular formula is C20H36N4O3. The van der Waals surface area contributed by atoms with Crippen LogP contribution in [-0.4, -0.2) is 65.9 Å². The van der Waals surface area contributed by atoms with Gasteiger partial charge in [0.2, 0.25) is 5.91 Å². The van der Waals surface area contributed by atoms with Crippen LogP contribution in [0.5, 0.6) is 0 Å². The minimum absolute atomic E-state index is 0.201. The number of imide groups is 1. The van der Waals surface area contributed by atoms with Crippen LogP contribution in [0.2, 0.25) is 0 Å². The van der Waals surface area contributed by atoms with Gasteiger partial charge in [0.05, 0.1) is 0 Å². The Hall–Kier alpha value is -1.63. The Morgan fingerprint density at radius 1 is 1.22 bits per heavy atom. The molecule has 1 saturated heterocycles. The number of nitrogens with zero attached hydrogens (tertiary/aromatic N) is 2. The van der Waals surface area contributed by atoms with E-state index in [9.17, 15) is 14.4 Å². The molecule has 4 amide bonds. The van der Waals surface area contributed by atoms with Crippen LogP contribution in [0.4, 0.5) is 4.79 Å². The molecular weight excluding hydrogens is 344 g/mol. The molecule has 2 rings (SSSR count). The second-order valence-electron chi connectivity index (χ2n) is 8.92. The fraction of sp³-hybridized carbons (Fsp3) is 0.850. The quantitative estimate of drug-likeness (QED) is 0.662. The molecule has 0 aromatic heterocycles. The number of hydrogen-bond donors (Lipinski definition) is 2. The van der Waals surface area contributed by atoms with Crippen molar-refractivity contribution in [3.05, 3.63) is 0 Å². The number of nitrogens with one attached hydrogen (secondary N) is 2. The Morgan fingerprint density at radius 2 is 1.81 bits per heavy atom. The third kappa shape index (κ3) is 5.00. The monoisotopic (exact) mass is 380 g/mol. The van der Waals surface area contributed by atoms with Gasteiger partial charge in [0.25, 0.3) is 5.91 Å². The second-order valence-corrected chi connectivity index (χ2v) is 8.92. The molecule has 2 N–H and O–H groups in total. The minimum Gasteiger partial charge on any atom is -0.353 e. The smallest absolute Gasteiger partial charge is 0.325 e. The first kappa shape index (κ1) is 21.7. The summed E-state index contributed by atoms with van der Waals surface area (Å²) in [4.78, 5) is 40.8. The number of likely N-dealkylation sites (N-methyl/N-ethyl adjacent to an activating group) is 1. The fourth-order valence-electron chi connectivity index (χ4n) is 4.23. The molecule has 0 aromatic rings. The van der Waals surface area contributed by atoms with E-state index in [2.05, 4.69) is 50.2 Å². The molecule has 2 fully saturated rings. The van der Waals surface area contributed by atoms with Gasteiger partial charge in [-0.05, 0) is 50.1 Å². The molecule has 7 nitrogen and oxygen atoms in total. The molecule has 154 valence electrons. The maximum atomic E-state index is 12.9. The van der Waals surface area contributed by atoms with Crippen molar-refractivity contribution in [1.82, 2.24) is 20.4 Å². The summed E-state index contributed by atoms with van der Waals surface area (Å²) in [6.07, 6.45) is 3.14. The summed E-state index contributed by atoms with van der Waals surface area (Å²) in [5, 5.41) is 5.70. The third-order valence-electron chi connectivity index (χ3n) is 6.26. The minimum atomic E-state index is -0.805. The summed E-state index contributed by atoms with van der Waals surface area (Å²) >= 11 is 0. The molecule has 1 saturated carbocycles. The van der Waals surface area contributed by atoms with Gasteiger partial charge in [-0.1, -0.05) is 34.6 Å². The van der Waals surface area contributed by atoms with Crippen LogP contribution in [0.1, 0.15) is 60.3 Å². The first-order valence-electron chi connectivity index (χ1n) is 10.3. The SMILES string of the molecule is CCN(CC)CCNC(=O)CN1C(=O)NC2(CCC(C(C)(C)C)CC2)C1=O. The van der Waals surface area contributed by atoms with E-state index < -0.39 is 11.6 Å². The van der Waals surface area contributed by atoms with E-state index in [4.69, 9.17) is 0 Å². The van der Waals surface area contributed by atoms with Crippen molar-refractivity contribution in [2.24, 2.45) is 11.3 Å². The van der Waals surface area contributed by atoms with Crippen LogP contribution < -0.4 is 10.6 Å². The third-order valence-corrected chi connectivity index (χ3v) is 6.26. The molecule has 1 spiro atoms. The molecule has 27 heavy (non-hydrogen) atoms. The van der Waals surface area contributed by atoms with Crippen molar-refractivity contribution < 1.29 is 14.4 Å². The number of rotatable bonds is 7. The molecule has 1 heterocycles. The van der Waals surface area contributed by atoms with E-state index in [0.29, 0.717) is 25.3 Å². The Bertz CT molecular complexity index is 558. The van der Waals surface area contributed by atoms with Crippen molar-refractivity contribution in [3.8, 4) is 0 Å². The van der Waals surface area contributed by atoms with Gasteiger partial charge < -0.3 is 15.5 Å². The van der Waals surface area contributed by atoms with E-state index in [1.807, 2.05) is 0 Å². The average Bonchev–Trinajstić information content (AvgIpc) is 2.82. The maximum Gasteiger partial charge on any atom is 0.325 e. The Morgan fingerprint density at radius 3 is 2.33 bits per heavy atom. The van der Waals surface area contributed by atoms with Crippen LogP contribution in [0.25, 0.3) is 0 Å². The highest BCUT2D eigenvalue weighted by Gasteiger charge is 2.53. The Labute approximate surface area is 163 Å². The number of carbonyl (C=O) groups excluding carboxylic acids is 3. The van der Waals surface area contributed by atoms with Crippen LogP contribution in [0.3, 0.4) is 0 Å². The molecule has 0 unspecified atom stereocenters. The largest absolute Gasteiger partial charge is 0.353 e. The summed E-state index contributed by atoms with van der Waals surface area (Å²) in [6, 6.07) is -0.437. The number of amides is 4. The standard InChI is InChI=1S/C20H36N4O3/c1-6-23(7-2)13-12-21-16(25)14-24-17(26)20(22-18(24)27)10-8-15(9-11-20)19(3,4)5/h15H,6-14H2,1-5H3,(H,21,25)(H,22,27). The van der Waals surface area contributed by atoms with Gasteiger partial charge in [-0.25, -0.2) is 4.79 Å². The molecule has 0 atom stereocenters. The normalized spacial score (nSPS) is 26.0. The predicted octanol–water partition coefficient (Wildman–Crippen LogP) is 1.97. The number of carbonyl (C=O) groups is 3. The van der Waals surface area contributed by atoms with Crippen LogP contribution in [-0.2, 0) is 9.59 Å². The van der Waals surface area contributed by atoms with Crippen molar-refractivity contribution >= 4 is 17.8 Å². The fourth-order valence-corrected chi connectivity index (χ4v) is 4.23. The Kier molecular flexibility index (Phi) is 6.89. The van der Waals surface area contributed by atoms with Crippen LogP contribution in [0.15, 0.2) is 0 Å². The highest BCUT2D eigenvalue weighted by atomic mass is 16.2. The van der Waals surface area contributed by atoms with E-state index in [0.717, 1.165) is 37.4 Å². The van der Waals surface area contributed by atoms with E-state index in [1.54, 1.807) is 0 Å². The highest BCUT2D eigenvalue weighted by Crippen LogP contribution is 2.43. The predicted molar refractivity (Wildman–Crippen MR) is 105 cm³/mol. The number of urea groups is 1. The summed E-state index contributed by atoms with van der Waals surface area (Å²) in [6.45, 7) is 13.7. The first-order chi connectivity index (χ1) is 12.6. The lowest BCUT2D eigenvalue weighted by atomic mass is 9.67. The van der Waals surface area contributed by atoms with Gasteiger partial charge in [-0.3, -0.25) is 14.5 Å². The molecule has 0 aromatic carbocycles. The van der Waals surface area contributed by atoms with Crippen LogP contribution >= 0.6 is 0 Å². The van der Waals surface area contributed by atoms with E-state index in [1.165, 1.54) is 0 Å². The highest BCUT2D eigenvalue weighted by molar-refractivity contribution is 6.09. The molecule has 0 radical (unpaired) electrons. The van der Waals surface area contributed by atoms with Gasteiger partial charge in [0.1, 0.15) is 12.1 Å². The zero-order valence-electron chi connectivity index (χ0n) is 17.6. The van der Waals surface area contributed by atoms with Gasteiger partial charge in [-0.2, -0.15) is 0 Å². The summed E-state index contributed by atoms with van der Waals surface area (Å²) in [7, 11) is 0. The molecule has 7 heteroatoms. The lowest BCUT2D eigenvalue weighted by Crippen LogP contribution is -2.51. The van der Waals surface area contributed by atoms with Crippen molar-refractivity contribution in [2.75, 3.05) is 32.7 Å². The van der Waals surface area contributed by atoms with Gasteiger partial charge in [0, 0.05) is 13.1 Å². The number of hydrogen-bond acceptors (Lipinski definition) is 4. The van der Waals surface area contributed by atoms with E-state index >= 15 is 0 Å².